The summed E-state index contributed by atoms with van der Waals surface area (Å²) in [6, 6.07) is 0.236. The Hall–Kier alpha value is -0.280. The van der Waals surface area contributed by atoms with Gasteiger partial charge in [-0.3, -0.25) is 4.79 Å². The second-order valence-corrected chi connectivity index (χ2v) is 4.19. The molecule has 0 aromatic heterocycles. The maximum Gasteiger partial charge on any atom is 0.240 e. The van der Waals surface area contributed by atoms with Crippen LogP contribution in [0, 0.1) is 0 Å². The molecule has 2 atom stereocenters. The number of halogens is 1. The summed E-state index contributed by atoms with van der Waals surface area (Å²) in [5, 5.41) is -0.368. The van der Waals surface area contributed by atoms with E-state index in [-0.39, 0.29) is 17.3 Å². The molecule has 0 saturated carbocycles. The molecular formula is C10H18ClNO2. The molecule has 1 aliphatic rings. The Bertz CT molecular complexity index is 199. The summed E-state index contributed by atoms with van der Waals surface area (Å²) >= 11 is 5.93. The average molecular weight is 220 g/mol. The lowest BCUT2D eigenvalue weighted by Gasteiger charge is -2.25. The zero-order valence-corrected chi connectivity index (χ0v) is 9.59. The summed E-state index contributed by atoms with van der Waals surface area (Å²) in [6.07, 6.45) is 2.79. The van der Waals surface area contributed by atoms with Crippen LogP contribution in [0.2, 0.25) is 0 Å². The first kappa shape index (κ1) is 11.8. The SMILES string of the molecule is CC[C@H](Cl)C(=O)N1CCC[C@@H]1COC. The Morgan fingerprint density at radius 2 is 2.43 bits per heavy atom. The van der Waals surface area contributed by atoms with Crippen LogP contribution in [0.3, 0.4) is 0 Å². The molecule has 82 valence electrons. The van der Waals surface area contributed by atoms with Crippen LogP contribution in [0.25, 0.3) is 0 Å². The number of carbonyl (C=O) groups excluding carboxylic acids is 1. The van der Waals surface area contributed by atoms with Gasteiger partial charge in [0.2, 0.25) is 5.91 Å². The molecule has 0 radical (unpaired) electrons. The highest BCUT2D eigenvalue weighted by Gasteiger charge is 2.31. The molecule has 0 aromatic rings. The Kier molecular flexibility index (Phi) is 4.69. The predicted molar refractivity (Wildman–Crippen MR) is 56.5 cm³/mol. The number of hydrogen-bond donors (Lipinski definition) is 0. The van der Waals surface area contributed by atoms with Crippen LogP contribution in [0.4, 0.5) is 0 Å². The summed E-state index contributed by atoms with van der Waals surface area (Å²) in [5.74, 6) is 0.0636. The molecule has 1 saturated heterocycles. The number of carbonyl (C=O) groups is 1. The van der Waals surface area contributed by atoms with Crippen LogP contribution in [-0.2, 0) is 9.53 Å². The molecule has 1 rings (SSSR count). The van der Waals surface area contributed by atoms with Crippen LogP contribution in [0.5, 0.6) is 0 Å². The van der Waals surface area contributed by atoms with Crippen LogP contribution in [0.1, 0.15) is 26.2 Å². The van der Waals surface area contributed by atoms with Crippen molar-refractivity contribution in [2.24, 2.45) is 0 Å². The van der Waals surface area contributed by atoms with E-state index in [4.69, 9.17) is 16.3 Å². The lowest BCUT2D eigenvalue weighted by atomic mass is 10.2. The molecule has 14 heavy (non-hydrogen) atoms. The van der Waals surface area contributed by atoms with Gasteiger partial charge in [0.1, 0.15) is 5.38 Å². The molecule has 0 N–H and O–H groups in total. The Morgan fingerprint density at radius 3 is 3.00 bits per heavy atom. The standard InChI is InChI=1S/C10H18ClNO2/c1-3-9(11)10(13)12-6-4-5-8(12)7-14-2/h8-9H,3-7H2,1-2H3/t8-,9+/m1/s1. The van der Waals surface area contributed by atoms with Crippen LogP contribution < -0.4 is 0 Å². The van der Waals surface area contributed by atoms with E-state index in [9.17, 15) is 4.79 Å². The van der Waals surface area contributed by atoms with E-state index >= 15 is 0 Å². The monoisotopic (exact) mass is 219 g/mol. The van der Waals surface area contributed by atoms with E-state index in [1.807, 2.05) is 11.8 Å². The summed E-state index contributed by atoms with van der Waals surface area (Å²) in [6.45, 7) is 3.38. The Morgan fingerprint density at radius 1 is 1.71 bits per heavy atom. The van der Waals surface area contributed by atoms with E-state index in [1.165, 1.54) is 0 Å². The van der Waals surface area contributed by atoms with E-state index < -0.39 is 0 Å². The van der Waals surface area contributed by atoms with Gasteiger partial charge in [-0.05, 0) is 19.3 Å². The average Bonchev–Trinajstić information content (AvgIpc) is 2.64. The highest BCUT2D eigenvalue weighted by Crippen LogP contribution is 2.20. The van der Waals surface area contributed by atoms with Gasteiger partial charge in [0.15, 0.2) is 0 Å². The van der Waals surface area contributed by atoms with Crippen molar-refractivity contribution < 1.29 is 9.53 Å². The van der Waals surface area contributed by atoms with Gasteiger partial charge < -0.3 is 9.64 Å². The highest BCUT2D eigenvalue weighted by atomic mass is 35.5. The van der Waals surface area contributed by atoms with Gasteiger partial charge in [-0.2, -0.15) is 0 Å². The van der Waals surface area contributed by atoms with Gasteiger partial charge in [-0.15, -0.1) is 11.6 Å². The van der Waals surface area contributed by atoms with Crippen molar-refractivity contribution in [3.05, 3.63) is 0 Å². The number of nitrogens with zero attached hydrogens (tertiary/aromatic N) is 1. The zero-order chi connectivity index (χ0) is 10.6. The lowest BCUT2D eigenvalue weighted by molar-refractivity contribution is -0.132. The van der Waals surface area contributed by atoms with Crippen molar-refractivity contribution in [2.75, 3.05) is 20.3 Å². The minimum Gasteiger partial charge on any atom is -0.383 e. The lowest BCUT2D eigenvalue weighted by Crippen LogP contribution is -2.42. The smallest absolute Gasteiger partial charge is 0.240 e. The quantitative estimate of drug-likeness (QED) is 0.673. The molecule has 1 aliphatic heterocycles. The third-order valence-electron chi connectivity index (χ3n) is 2.65. The molecule has 0 aliphatic carbocycles. The maximum absolute atomic E-state index is 11.8. The second kappa shape index (κ2) is 5.56. The van der Waals surface area contributed by atoms with Crippen LogP contribution in [0.15, 0.2) is 0 Å². The molecule has 1 fully saturated rings. The summed E-state index contributed by atoms with van der Waals surface area (Å²) in [5.41, 5.74) is 0. The first-order valence-corrected chi connectivity index (χ1v) is 5.57. The highest BCUT2D eigenvalue weighted by molar-refractivity contribution is 6.30. The number of ether oxygens (including phenoxy) is 1. The Labute approximate surface area is 90.4 Å². The first-order chi connectivity index (χ1) is 6.70. The molecule has 4 heteroatoms. The largest absolute Gasteiger partial charge is 0.383 e. The summed E-state index contributed by atoms with van der Waals surface area (Å²) in [7, 11) is 1.67. The van der Waals surface area contributed by atoms with Crippen molar-refractivity contribution in [3.63, 3.8) is 0 Å². The molecule has 1 heterocycles. The zero-order valence-electron chi connectivity index (χ0n) is 8.83. The minimum atomic E-state index is -0.368. The summed E-state index contributed by atoms with van der Waals surface area (Å²) < 4.78 is 5.08. The maximum atomic E-state index is 11.8. The fourth-order valence-corrected chi connectivity index (χ4v) is 1.97. The number of rotatable bonds is 4. The molecule has 0 aromatic carbocycles. The number of amides is 1. The van der Waals surface area contributed by atoms with Crippen molar-refractivity contribution in [2.45, 2.75) is 37.6 Å². The number of methoxy groups -OCH3 is 1. The molecular weight excluding hydrogens is 202 g/mol. The van der Waals surface area contributed by atoms with Gasteiger partial charge in [0.25, 0.3) is 0 Å². The fraction of sp³-hybridized carbons (Fsp3) is 0.900. The van der Waals surface area contributed by atoms with Crippen molar-refractivity contribution in [1.29, 1.82) is 0 Å². The number of hydrogen-bond acceptors (Lipinski definition) is 2. The predicted octanol–water partition coefficient (Wildman–Crippen LogP) is 1.64. The summed E-state index contributed by atoms with van der Waals surface area (Å²) in [4.78, 5) is 13.7. The van der Waals surface area contributed by atoms with Crippen LogP contribution >= 0.6 is 11.6 Å². The van der Waals surface area contributed by atoms with Gasteiger partial charge in [-0.1, -0.05) is 6.92 Å². The van der Waals surface area contributed by atoms with Crippen molar-refractivity contribution in [3.8, 4) is 0 Å². The van der Waals surface area contributed by atoms with Crippen molar-refractivity contribution >= 4 is 17.5 Å². The topological polar surface area (TPSA) is 29.5 Å². The minimum absolute atomic E-state index is 0.0636. The fourth-order valence-electron chi connectivity index (χ4n) is 1.85. The van der Waals surface area contributed by atoms with E-state index in [2.05, 4.69) is 0 Å². The normalized spacial score (nSPS) is 23.9. The number of alkyl halides is 1. The van der Waals surface area contributed by atoms with E-state index in [0.717, 1.165) is 19.4 Å². The number of likely N-dealkylation sites (tertiary alicyclic amines) is 1. The van der Waals surface area contributed by atoms with Gasteiger partial charge in [-0.25, -0.2) is 0 Å². The second-order valence-electron chi connectivity index (χ2n) is 3.66. The van der Waals surface area contributed by atoms with E-state index in [0.29, 0.717) is 13.0 Å². The first-order valence-electron chi connectivity index (χ1n) is 5.14. The van der Waals surface area contributed by atoms with Gasteiger partial charge in [0, 0.05) is 13.7 Å². The van der Waals surface area contributed by atoms with Gasteiger partial charge >= 0.3 is 0 Å². The van der Waals surface area contributed by atoms with Gasteiger partial charge in [0.05, 0.1) is 12.6 Å². The third-order valence-corrected chi connectivity index (χ3v) is 3.14. The molecule has 0 unspecified atom stereocenters. The van der Waals surface area contributed by atoms with Crippen molar-refractivity contribution in [1.82, 2.24) is 4.90 Å². The van der Waals surface area contributed by atoms with Crippen LogP contribution in [-0.4, -0.2) is 42.5 Å². The molecule has 0 bridgehead atoms. The Balaban J connectivity index is 2.53. The third kappa shape index (κ3) is 2.61. The van der Waals surface area contributed by atoms with E-state index in [1.54, 1.807) is 7.11 Å². The molecule has 3 nitrogen and oxygen atoms in total. The molecule has 1 amide bonds. The molecule has 0 spiro atoms.